The van der Waals surface area contributed by atoms with Crippen LogP contribution < -0.4 is 20.7 Å². The number of hydrogen-bond donors (Lipinski definition) is 4. The number of nitriles is 1. The number of benzene rings is 2. The van der Waals surface area contributed by atoms with Crippen LogP contribution in [0.2, 0.25) is 5.02 Å². The Labute approximate surface area is 433 Å². The van der Waals surface area contributed by atoms with Gasteiger partial charge >= 0.3 is 0 Å². The van der Waals surface area contributed by atoms with Gasteiger partial charge in [0.1, 0.15) is 30.0 Å². The average Bonchev–Trinajstić information content (AvgIpc) is 4.01. The number of carbonyl (C=O) groups is 4. The number of likely N-dealkylation sites (tertiary alicyclic amines) is 2. The summed E-state index contributed by atoms with van der Waals surface area (Å²) in [6.07, 6.45) is 4.34. The van der Waals surface area contributed by atoms with Gasteiger partial charge in [-0.15, -0.1) is 11.3 Å². The van der Waals surface area contributed by atoms with Gasteiger partial charge in [0.2, 0.25) is 17.7 Å². The Morgan fingerprint density at radius 3 is 2.26 bits per heavy atom. The fraction of sp³-hybridized carbons (Fsp3) is 0.545. The molecule has 2 unspecified atom stereocenters. The summed E-state index contributed by atoms with van der Waals surface area (Å²) in [4.78, 5) is 71.9. The van der Waals surface area contributed by atoms with Crippen LogP contribution in [0.3, 0.4) is 0 Å². The Balaban J connectivity index is 0.790. The molecule has 4 N–H and O–H groups in total. The molecular formula is C55H70ClN9O6S. The van der Waals surface area contributed by atoms with Crippen LogP contribution in [0.25, 0.3) is 10.4 Å². The molecule has 6 atom stereocenters. The number of piperazine rings is 1. The molecule has 4 aromatic rings. The molecule has 4 amide bonds. The van der Waals surface area contributed by atoms with E-state index in [0.717, 1.165) is 72.7 Å². The lowest BCUT2D eigenvalue weighted by molar-refractivity contribution is -0.164. The second-order valence-corrected chi connectivity index (χ2v) is 23.9. The number of aryl methyl sites for hydroxylation is 2. The van der Waals surface area contributed by atoms with Gasteiger partial charge in [0.15, 0.2) is 0 Å². The third kappa shape index (κ3) is 11.2. The van der Waals surface area contributed by atoms with Crippen molar-refractivity contribution >= 4 is 46.6 Å². The first-order valence-corrected chi connectivity index (χ1v) is 26.5. The fourth-order valence-corrected chi connectivity index (χ4v) is 12.9. The third-order valence-corrected chi connectivity index (χ3v) is 16.8. The van der Waals surface area contributed by atoms with Gasteiger partial charge in [-0.05, 0) is 86.9 Å². The van der Waals surface area contributed by atoms with Crippen molar-refractivity contribution in [2.45, 2.75) is 143 Å². The van der Waals surface area contributed by atoms with Crippen molar-refractivity contribution in [3.05, 3.63) is 99.4 Å². The van der Waals surface area contributed by atoms with E-state index in [4.69, 9.17) is 16.3 Å². The molecule has 2 bridgehead atoms. The van der Waals surface area contributed by atoms with E-state index in [1.165, 1.54) is 4.90 Å². The molecule has 72 heavy (non-hydrogen) atoms. The minimum absolute atomic E-state index is 0.0111. The van der Waals surface area contributed by atoms with Crippen molar-refractivity contribution in [3.8, 4) is 22.3 Å². The summed E-state index contributed by atoms with van der Waals surface area (Å²) < 4.78 is 6.38. The zero-order chi connectivity index (χ0) is 51.9. The summed E-state index contributed by atoms with van der Waals surface area (Å²) in [5.74, 6) is -0.551. The minimum Gasteiger partial charge on any atom is -0.489 e. The molecule has 384 valence electrons. The van der Waals surface area contributed by atoms with Gasteiger partial charge in [0, 0.05) is 73.0 Å². The minimum atomic E-state index is -0.903. The van der Waals surface area contributed by atoms with Gasteiger partial charge in [0.25, 0.3) is 5.91 Å². The molecule has 1 aliphatic carbocycles. The van der Waals surface area contributed by atoms with E-state index in [1.54, 1.807) is 35.7 Å². The first-order chi connectivity index (χ1) is 34.0. The topological polar surface area (TPSA) is 193 Å². The van der Waals surface area contributed by atoms with E-state index in [1.807, 2.05) is 76.5 Å². The highest BCUT2D eigenvalue weighted by atomic mass is 35.5. The van der Waals surface area contributed by atoms with Crippen LogP contribution in [0.4, 0.5) is 0 Å². The number of pyridine rings is 1. The molecule has 1 saturated carbocycles. The number of hydrogen-bond acceptors (Lipinski definition) is 12. The molecule has 5 heterocycles. The zero-order valence-corrected chi connectivity index (χ0v) is 44.6. The number of carbonyl (C=O) groups excluding carboxylic acids is 4. The molecule has 15 nitrogen and oxygen atoms in total. The average molecular weight is 1020 g/mol. The van der Waals surface area contributed by atoms with Crippen LogP contribution in [-0.2, 0) is 20.8 Å². The molecule has 3 saturated heterocycles. The number of thiazole rings is 1. The molecule has 3 aliphatic heterocycles. The summed E-state index contributed by atoms with van der Waals surface area (Å²) >= 11 is 7.85. The number of fused-ring (bicyclic) bond motifs is 2. The Kier molecular flexibility index (Phi) is 15.6. The summed E-state index contributed by atoms with van der Waals surface area (Å²) in [7, 11) is 0. The Bertz CT molecular complexity index is 2650. The smallest absolute Gasteiger partial charge is 0.253 e. The van der Waals surface area contributed by atoms with Crippen LogP contribution in [0, 0.1) is 34.5 Å². The highest BCUT2D eigenvalue weighted by molar-refractivity contribution is 7.13. The lowest BCUT2D eigenvalue weighted by Gasteiger charge is -2.63. The second-order valence-electron chi connectivity index (χ2n) is 22.6. The van der Waals surface area contributed by atoms with Crippen LogP contribution in [-0.4, -0.2) is 129 Å². The molecule has 8 rings (SSSR count). The van der Waals surface area contributed by atoms with Gasteiger partial charge in [-0.1, -0.05) is 84.3 Å². The molecule has 4 aliphatic rings. The number of aliphatic hydroxyl groups is 1. The predicted molar refractivity (Wildman–Crippen MR) is 278 cm³/mol. The number of aromatic nitrogens is 2. The molecule has 17 heteroatoms. The third-order valence-electron chi connectivity index (χ3n) is 15.5. The van der Waals surface area contributed by atoms with E-state index >= 15 is 0 Å². The maximum atomic E-state index is 14.4. The number of β-amino-alcohol motifs (C(OH)–C–C–N with tert-alkyl or cyclic N) is 1. The van der Waals surface area contributed by atoms with Crippen molar-refractivity contribution in [3.63, 3.8) is 0 Å². The summed E-state index contributed by atoms with van der Waals surface area (Å²) in [6.45, 7) is 20.7. The van der Waals surface area contributed by atoms with Crippen molar-refractivity contribution < 1.29 is 29.0 Å². The summed E-state index contributed by atoms with van der Waals surface area (Å²) in [6, 6.07) is 17.0. The van der Waals surface area contributed by atoms with E-state index in [-0.39, 0.29) is 84.2 Å². The number of nitrogens with one attached hydrogen (secondary N) is 3. The lowest BCUT2D eigenvalue weighted by Crippen LogP contribution is -2.74. The number of amides is 4. The number of ether oxygens (including phenoxy) is 1. The van der Waals surface area contributed by atoms with E-state index in [9.17, 15) is 29.5 Å². The largest absolute Gasteiger partial charge is 0.489 e. The van der Waals surface area contributed by atoms with Crippen molar-refractivity contribution in [2.75, 3.05) is 32.7 Å². The Hall–Kier alpha value is -5.44. The first-order valence-electron chi connectivity index (χ1n) is 25.2. The SMILES string of the molecule is Cc1ncsc1-c1ccc([C@H](C)NC(=O)[C@@H]2C[C@@H](O)CN2C(=O)[C@@H](NC(=O)CN2C3CCC2CN(CCCc2ccc(C(=O)NC4C(C)(C)C(Oc5ccc(C#N)c(Cl)c5)C4(C)C)cn2)C3)C(C)(C)C)cc1. The number of nitrogens with zero attached hydrogens (tertiary/aromatic N) is 6. The van der Waals surface area contributed by atoms with Gasteiger partial charge in [-0.3, -0.25) is 29.1 Å². The second kappa shape index (κ2) is 21.2. The van der Waals surface area contributed by atoms with E-state index in [0.29, 0.717) is 21.9 Å². The highest BCUT2D eigenvalue weighted by Crippen LogP contribution is 2.55. The molecule has 0 radical (unpaired) electrons. The fourth-order valence-electron chi connectivity index (χ4n) is 11.9. The standard InChI is InChI=1S/C55H70ClN9O6S/c1-32(34-12-14-35(15-13-34)46-33(2)59-31-72-46)60-49(69)44-23-41(66)29-65(44)50(70)47(53(3,4)5)61-45(67)30-64-39-19-20-40(64)28-63(27-39)22-10-11-38-18-16-37(26-58-38)48(68)62-51-54(6,7)52(55(51,8)9)71-42-21-17-36(25-57)43(56)24-42/h12-18,21,24,26,31-32,39-41,44,47,51-52,66H,10-11,19-20,22-23,27-30H2,1-9H3,(H,60,69)(H,61,67)(H,62,68)/t32-,39?,40?,41+,44-,47+,51?,52?/m0/s1. The molecular weight excluding hydrogens is 950 g/mol. The van der Waals surface area contributed by atoms with Crippen molar-refractivity contribution in [2.24, 2.45) is 16.2 Å². The first kappa shape index (κ1) is 52.9. The zero-order valence-electron chi connectivity index (χ0n) is 43.0. The van der Waals surface area contributed by atoms with Crippen molar-refractivity contribution in [1.82, 2.24) is 40.6 Å². The predicted octanol–water partition coefficient (Wildman–Crippen LogP) is 7.10. The van der Waals surface area contributed by atoms with Gasteiger partial charge < -0.3 is 35.6 Å². The molecule has 2 aromatic carbocycles. The quantitative estimate of drug-likeness (QED) is 0.0895. The maximum Gasteiger partial charge on any atom is 0.253 e. The highest BCUT2D eigenvalue weighted by Gasteiger charge is 2.64. The van der Waals surface area contributed by atoms with Gasteiger partial charge in [0.05, 0.1) is 50.9 Å². The van der Waals surface area contributed by atoms with Crippen LogP contribution in [0.1, 0.15) is 120 Å². The molecule has 4 fully saturated rings. The van der Waals surface area contributed by atoms with Gasteiger partial charge in [-0.25, -0.2) is 4.98 Å². The van der Waals surface area contributed by atoms with E-state index < -0.39 is 23.6 Å². The van der Waals surface area contributed by atoms with Crippen LogP contribution >= 0.6 is 22.9 Å². The normalized spacial score (nSPS) is 24.4. The Morgan fingerprint density at radius 1 is 0.972 bits per heavy atom. The maximum absolute atomic E-state index is 14.4. The van der Waals surface area contributed by atoms with Gasteiger partial charge in [-0.2, -0.15) is 5.26 Å². The Morgan fingerprint density at radius 2 is 1.67 bits per heavy atom. The van der Waals surface area contributed by atoms with Crippen molar-refractivity contribution in [1.29, 1.82) is 5.26 Å². The monoisotopic (exact) mass is 1020 g/mol. The number of halogens is 1. The van der Waals surface area contributed by atoms with E-state index in [2.05, 4.69) is 69.5 Å². The molecule has 0 spiro atoms. The van der Waals surface area contributed by atoms with Crippen LogP contribution in [0.15, 0.2) is 66.3 Å². The number of rotatable bonds is 16. The number of aliphatic hydroxyl groups excluding tert-OH is 1. The van der Waals surface area contributed by atoms with Crippen LogP contribution in [0.5, 0.6) is 5.75 Å². The lowest BCUT2D eigenvalue weighted by atomic mass is 9.49. The molecule has 2 aromatic heterocycles. The summed E-state index contributed by atoms with van der Waals surface area (Å²) in [5, 5.41) is 29.8. The summed E-state index contributed by atoms with van der Waals surface area (Å²) in [5.41, 5.74) is 5.13.